The standard InChI is InChI=1S/C12H13NO2S2/c1-9(14)13-8-12(15,10-4-6-16-7-10)11-3-2-5-17-11/h2-7,15H,8H2,1H3,(H,13,14)/t12-/m1/s1. The van der Waals surface area contributed by atoms with Crippen LogP contribution in [0.2, 0.25) is 0 Å². The Morgan fingerprint density at radius 2 is 2.29 bits per heavy atom. The van der Waals surface area contributed by atoms with E-state index >= 15 is 0 Å². The van der Waals surface area contributed by atoms with E-state index < -0.39 is 5.60 Å². The third kappa shape index (κ3) is 2.57. The average Bonchev–Trinajstić information content (AvgIpc) is 2.97. The molecule has 17 heavy (non-hydrogen) atoms. The van der Waals surface area contributed by atoms with Gasteiger partial charge in [0.1, 0.15) is 5.60 Å². The Morgan fingerprint density at radius 1 is 1.47 bits per heavy atom. The van der Waals surface area contributed by atoms with Gasteiger partial charge in [-0.1, -0.05) is 6.07 Å². The fourth-order valence-corrected chi connectivity index (χ4v) is 3.17. The number of thiophene rings is 2. The van der Waals surface area contributed by atoms with Crippen molar-refractivity contribution in [1.29, 1.82) is 0 Å². The van der Waals surface area contributed by atoms with Crippen LogP contribution in [-0.4, -0.2) is 17.6 Å². The molecule has 5 heteroatoms. The zero-order chi connectivity index (χ0) is 12.3. The van der Waals surface area contributed by atoms with Crippen molar-refractivity contribution < 1.29 is 9.90 Å². The van der Waals surface area contributed by atoms with Gasteiger partial charge in [0.25, 0.3) is 0 Å². The fourth-order valence-electron chi connectivity index (χ4n) is 1.60. The van der Waals surface area contributed by atoms with E-state index in [9.17, 15) is 9.90 Å². The Balaban J connectivity index is 2.33. The first-order valence-electron chi connectivity index (χ1n) is 5.16. The van der Waals surface area contributed by atoms with Crippen molar-refractivity contribution in [2.75, 3.05) is 6.54 Å². The molecule has 90 valence electrons. The number of amides is 1. The molecule has 0 saturated heterocycles. The summed E-state index contributed by atoms with van der Waals surface area (Å²) in [5.41, 5.74) is -0.307. The number of nitrogens with one attached hydrogen (secondary N) is 1. The van der Waals surface area contributed by atoms with E-state index in [1.165, 1.54) is 29.6 Å². The lowest BCUT2D eigenvalue weighted by Crippen LogP contribution is -2.40. The lowest BCUT2D eigenvalue weighted by Gasteiger charge is -2.26. The number of hydrogen-bond acceptors (Lipinski definition) is 4. The molecular formula is C12H13NO2S2. The maximum atomic E-state index is 11.0. The molecule has 2 N–H and O–H groups in total. The summed E-state index contributed by atoms with van der Waals surface area (Å²) in [6, 6.07) is 5.65. The number of aliphatic hydroxyl groups is 1. The van der Waals surface area contributed by atoms with Crippen LogP contribution in [0.15, 0.2) is 34.3 Å². The number of carbonyl (C=O) groups excluding carboxylic acids is 1. The van der Waals surface area contributed by atoms with E-state index in [1.807, 2.05) is 34.3 Å². The van der Waals surface area contributed by atoms with Crippen LogP contribution < -0.4 is 5.32 Å². The van der Waals surface area contributed by atoms with Crippen molar-refractivity contribution in [3.05, 3.63) is 44.8 Å². The molecule has 2 aromatic rings. The van der Waals surface area contributed by atoms with E-state index in [1.54, 1.807) is 0 Å². The minimum absolute atomic E-state index is 0.143. The van der Waals surface area contributed by atoms with E-state index in [0.717, 1.165) is 10.4 Å². The molecule has 0 aliphatic carbocycles. The Morgan fingerprint density at radius 3 is 2.82 bits per heavy atom. The smallest absolute Gasteiger partial charge is 0.216 e. The number of rotatable bonds is 4. The summed E-state index contributed by atoms with van der Waals surface area (Å²) in [6.45, 7) is 1.64. The Hall–Kier alpha value is -1.17. The molecule has 2 rings (SSSR count). The summed E-state index contributed by atoms with van der Waals surface area (Å²) < 4.78 is 0. The summed E-state index contributed by atoms with van der Waals surface area (Å²) in [7, 11) is 0. The molecule has 2 aromatic heterocycles. The van der Waals surface area contributed by atoms with Gasteiger partial charge in [-0.05, 0) is 28.3 Å². The summed E-state index contributed by atoms with van der Waals surface area (Å²) in [5, 5.41) is 19.2. The molecule has 1 amide bonds. The van der Waals surface area contributed by atoms with Crippen LogP contribution in [-0.2, 0) is 10.4 Å². The van der Waals surface area contributed by atoms with Crippen LogP contribution in [0, 0.1) is 0 Å². The maximum absolute atomic E-state index is 11.0. The quantitative estimate of drug-likeness (QED) is 0.892. The van der Waals surface area contributed by atoms with Crippen LogP contribution in [0.4, 0.5) is 0 Å². The first kappa shape index (κ1) is 12.3. The molecule has 0 aliphatic rings. The number of hydrogen-bond donors (Lipinski definition) is 2. The van der Waals surface area contributed by atoms with Crippen molar-refractivity contribution >= 4 is 28.6 Å². The van der Waals surface area contributed by atoms with Gasteiger partial charge >= 0.3 is 0 Å². The van der Waals surface area contributed by atoms with Gasteiger partial charge < -0.3 is 10.4 Å². The third-order valence-corrected chi connectivity index (χ3v) is 4.22. The molecule has 0 saturated carbocycles. The van der Waals surface area contributed by atoms with Gasteiger partial charge in [0.15, 0.2) is 0 Å². The highest BCUT2D eigenvalue weighted by molar-refractivity contribution is 7.10. The van der Waals surface area contributed by atoms with Gasteiger partial charge in [-0.3, -0.25) is 4.79 Å². The largest absolute Gasteiger partial charge is 0.378 e. The Kier molecular flexibility index (Phi) is 3.61. The lowest BCUT2D eigenvalue weighted by atomic mass is 9.94. The minimum Gasteiger partial charge on any atom is -0.378 e. The second kappa shape index (κ2) is 5.00. The molecule has 1 atom stereocenters. The normalized spacial score (nSPS) is 14.2. The van der Waals surface area contributed by atoms with Crippen molar-refractivity contribution in [2.45, 2.75) is 12.5 Å². The SMILES string of the molecule is CC(=O)NC[C@@](O)(c1ccsc1)c1cccs1. The van der Waals surface area contributed by atoms with Gasteiger partial charge in [-0.25, -0.2) is 0 Å². The monoisotopic (exact) mass is 267 g/mol. The van der Waals surface area contributed by atoms with Crippen LogP contribution >= 0.6 is 22.7 Å². The molecule has 0 radical (unpaired) electrons. The molecule has 0 unspecified atom stereocenters. The molecule has 0 aliphatic heterocycles. The number of carbonyl (C=O) groups is 1. The average molecular weight is 267 g/mol. The van der Waals surface area contributed by atoms with Gasteiger partial charge in [-0.2, -0.15) is 11.3 Å². The second-order valence-corrected chi connectivity index (χ2v) is 5.49. The molecule has 0 bridgehead atoms. The van der Waals surface area contributed by atoms with Crippen LogP contribution in [0.5, 0.6) is 0 Å². The van der Waals surface area contributed by atoms with E-state index in [4.69, 9.17) is 0 Å². The highest BCUT2D eigenvalue weighted by Gasteiger charge is 2.33. The van der Waals surface area contributed by atoms with Crippen molar-refractivity contribution in [1.82, 2.24) is 5.32 Å². The van der Waals surface area contributed by atoms with E-state index in [-0.39, 0.29) is 12.5 Å². The second-order valence-electron chi connectivity index (χ2n) is 3.76. The Labute approximate surface area is 108 Å². The predicted octanol–water partition coefficient (Wildman–Crippen LogP) is 2.18. The molecule has 0 spiro atoms. The third-order valence-electron chi connectivity index (χ3n) is 2.52. The van der Waals surface area contributed by atoms with E-state index in [0.29, 0.717) is 0 Å². The molecule has 0 fully saturated rings. The molecular weight excluding hydrogens is 254 g/mol. The van der Waals surface area contributed by atoms with Crippen LogP contribution in [0.3, 0.4) is 0 Å². The van der Waals surface area contributed by atoms with E-state index in [2.05, 4.69) is 5.32 Å². The van der Waals surface area contributed by atoms with Crippen molar-refractivity contribution in [3.63, 3.8) is 0 Å². The fraction of sp³-hybridized carbons (Fsp3) is 0.250. The van der Waals surface area contributed by atoms with Crippen LogP contribution in [0.25, 0.3) is 0 Å². The first-order chi connectivity index (χ1) is 8.13. The van der Waals surface area contributed by atoms with Crippen molar-refractivity contribution in [3.8, 4) is 0 Å². The summed E-state index contributed by atoms with van der Waals surface area (Å²) >= 11 is 3.01. The highest BCUT2D eigenvalue weighted by atomic mass is 32.1. The van der Waals surface area contributed by atoms with Gasteiger partial charge in [0.2, 0.25) is 5.91 Å². The summed E-state index contributed by atoms with van der Waals surface area (Å²) in [5.74, 6) is -0.143. The summed E-state index contributed by atoms with van der Waals surface area (Å²) in [4.78, 5) is 11.9. The summed E-state index contributed by atoms with van der Waals surface area (Å²) in [6.07, 6.45) is 0. The van der Waals surface area contributed by atoms with Crippen LogP contribution in [0.1, 0.15) is 17.4 Å². The molecule has 0 aromatic carbocycles. The van der Waals surface area contributed by atoms with Gasteiger partial charge in [-0.15, -0.1) is 11.3 Å². The topological polar surface area (TPSA) is 49.3 Å². The van der Waals surface area contributed by atoms with Gasteiger partial charge in [0, 0.05) is 17.4 Å². The van der Waals surface area contributed by atoms with Gasteiger partial charge in [0.05, 0.1) is 6.54 Å². The van der Waals surface area contributed by atoms with Crippen molar-refractivity contribution in [2.24, 2.45) is 0 Å². The lowest BCUT2D eigenvalue weighted by molar-refractivity contribution is -0.119. The highest BCUT2D eigenvalue weighted by Crippen LogP contribution is 2.33. The Bertz CT molecular complexity index is 442. The predicted molar refractivity (Wildman–Crippen MR) is 70.3 cm³/mol. The minimum atomic E-state index is -1.13. The first-order valence-corrected chi connectivity index (χ1v) is 6.98. The maximum Gasteiger partial charge on any atom is 0.216 e. The molecule has 2 heterocycles. The zero-order valence-corrected chi connectivity index (χ0v) is 11.0. The zero-order valence-electron chi connectivity index (χ0n) is 9.34. The molecule has 3 nitrogen and oxygen atoms in total.